The monoisotopic (exact) mass is 468 g/mol. The molecule has 0 aromatic rings. The smallest absolute Gasteiger partial charge is 0.333 e. The Labute approximate surface area is 192 Å². The van der Waals surface area contributed by atoms with E-state index in [0.717, 1.165) is 6.92 Å². The summed E-state index contributed by atoms with van der Waals surface area (Å²) in [5.41, 5.74) is 0.563. The number of aliphatic hydroxyl groups is 2. The summed E-state index contributed by atoms with van der Waals surface area (Å²) in [5.74, 6) is -3.39. The van der Waals surface area contributed by atoms with E-state index in [0.29, 0.717) is 0 Å². The quantitative estimate of drug-likeness (QED) is 0.318. The minimum absolute atomic E-state index is 0.187. The summed E-state index contributed by atoms with van der Waals surface area (Å²) < 4.78 is 21.1. The fourth-order valence-corrected chi connectivity index (χ4v) is 2.89. The third-order valence-electron chi connectivity index (χ3n) is 5.29. The summed E-state index contributed by atoms with van der Waals surface area (Å²) in [6, 6.07) is 0. The van der Waals surface area contributed by atoms with Crippen molar-refractivity contribution in [2.24, 2.45) is 0 Å². The lowest BCUT2D eigenvalue weighted by molar-refractivity contribution is -0.249. The Kier molecular flexibility index (Phi) is 10.5. The highest BCUT2D eigenvalue weighted by molar-refractivity contribution is 5.89. The number of ether oxygens (including phenoxy) is 4. The molecule has 184 valence electrons. The molecule has 10 nitrogen and oxygen atoms in total. The third-order valence-corrected chi connectivity index (χ3v) is 5.29. The molecule has 0 heterocycles. The molecular formula is C23H32O10. The van der Waals surface area contributed by atoms with Crippen LogP contribution in [0.2, 0.25) is 0 Å². The van der Waals surface area contributed by atoms with Gasteiger partial charge in [0, 0.05) is 23.6 Å². The Hall–Kier alpha value is -2.98. The molecule has 1 saturated carbocycles. The van der Waals surface area contributed by atoms with Crippen LogP contribution in [0.3, 0.4) is 0 Å². The lowest BCUT2D eigenvalue weighted by Gasteiger charge is -2.45. The Bertz CT molecular complexity index is 853. The number of carbonyl (C=O) groups is 4. The minimum Gasteiger partial charge on any atom is -0.456 e. The third kappa shape index (κ3) is 7.00. The summed E-state index contributed by atoms with van der Waals surface area (Å²) in [7, 11) is 0. The standard InChI is InChI=1S/C23H32O10/c1-8-11(4)21(27)31-18-16(26)20(33-23(29)13(6)10-3)19(32-22(28)12(5)9-2)15(25)17(18)30-14(7)24/h8-10,15-20,25-26H,1-7H3/b11-8?,12-9?,13-10-/t15-,16-,17+,18-,19+,20+/m1/s1. The lowest BCUT2D eigenvalue weighted by Crippen LogP contribution is -2.67. The number of rotatable bonds is 7. The fourth-order valence-electron chi connectivity index (χ4n) is 2.89. The van der Waals surface area contributed by atoms with E-state index in [1.807, 2.05) is 0 Å². The topological polar surface area (TPSA) is 146 Å². The average Bonchev–Trinajstić information content (AvgIpc) is 2.79. The van der Waals surface area contributed by atoms with Crippen molar-refractivity contribution in [1.82, 2.24) is 0 Å². The highest BCUT2D eigenvalue weighted by atomic mass is 16.6. The Morgan fingerprint density at radius 3 is 1.00 bits per heavy atom. The van der Waals surface area contributed by atoms with Gasteiger partial charge >= 0.3 is 23.9 Å². The van der Waals surface area contributed by atoms with Gasteiger partial charge in [0.15, 0.2) is 24.4 Å². The number of carbonyl (C=O) groups excluding carboxylic acids is 4. The largest absolute Gasteiger partial charge is 0.456 e. The summed E-state index contributed by atoms with van der Waals surface area (Å²) in [6.45, 7) is 10.2. The number of esters is 4. The highest BCUT2D eigenvalue weighted by Crippen LogP contribution is 2.32. The second kappa shape index (κ2) is 12.3. The van der Waals surface area contributed by atoms with Crippen molar-refractivity contribution in [3.8, 4) is 0 Å². The van der Waals surface area contributed by atoms with Crippen molar-refractivity contribution in [2.45, 2.75) is 85.1 Å². The van der Waals surface area contributed by atoms with Crippen LogP contribution in [0.4, 0.5) is 0 Å². The van der Waals surface area contributed by atoms with E-state index in [1.165, 1.54) is 39.0 Å². The molecule has 0 aromatic carbocycles. The van der Waals surface area contributed by atoms with Crippen molar-refractivity contribution in [3.05, 3.63) is 34.9 Å². The predicted octanol–water partition coefficient (Wildman–Crippen LogP) is 1.29. The zero-order valence-electron chi connectivity index (χ0n) is 19.9. The molecule has 0 aromatic heterocycles. The normalized spacial score (nSPS) is 28.6. The van der Waals surface area contributed by atoms with Crippen LogP contribution in [0, 0.1) is 0 Å². The molecule has 0 spiro atoms. The first kappa shape index (κ1) is 28.1. The number of aliphatic hydroxyl groups excluding tert-OH is 2. The van der Waals surface area contributed by atoms with E-state index < -0.39 is 60.5 Å². The van der Waals surface area contributed by atoms with Crippen LogP contribution >= 0.6 is 0 Å². The summed E-state index contributed by atoms with van der Waals surface area (Å²) in [4.78, 5) is 48.9. The number of hydrogen-bond acceptors (Lipinski definition) is 10. The van der Waals surface area contributed by atoms with Crippen molar-refractivity contribution in [2.75, 3.05) is 0 Å². The second-order valence-corrected chi connectivity index (χ2v) is 7.58. The fraction of sp³-hybridized carbons (Fsp3) is 0.565. The summed E-state index contributed by atoms with van der Waals surface area (Å²) in [6.07, 6.45) is -5.68. The first-order valence-electron chi connectivity index (χ1n) is 10.4. The molecule has 1 fully saturated rings. The zero-order chi connectivity index (χ0) is 25.5. The molecule has 1 rings (SSSR count). The highest BCUT2D eigenvalue weighted by Gasteiger charge is 2.57. The van der Waals surface area contributed by atoms with Crippen molar-refractivity contribution < 1.29 is 48.3 Å². The van der Waals surface area contributed by atoms with Gasteiger partial charge in [-0.05, 0) is 41.5 Å². The zero-order valence-corrected chi connectivity index (χ0v) is 19.9. The van der Waals surface area contributed by atoms with Gasteiger partial charge in [0.05, 0.1) is 0 Å². The maximum Gasteiger partial charge on any atom is 0.333 e. The Morgan fingerprint density at radius 1 is 0.545 bits per heavy atom. The summed E-state index contributed by atoms with van der Waals surface area (Å²) in [5, 5.41) is 22.0. The van der Waals surface area contributed by atoms with Crippen LogP contribution in [0.25, 0.3) is 0 Å². The average molecular weight is 468 g/mol. The molecule has 10 heteroatoms. The summed E-state index contributed by atoms with van der Waals surface area (Å²) >= 11 is 0. The van der Waals surface area contributed by atoms with Crippen LogP contribution < -0.4 is 0 Å². The molecule has 0 aliphatic heterocycles. The van der Waals surface area contributed by atoms with Crippen LogP contribution in [-0.4, -0.2) is 70.7 Å². The van der Waals surface area contributed by atoms with E-state index >= 15 is 0 Å². The minimum atomic E-state index is -1.80. The van der Waals surface area contributed by atoms with Crippen molar-refractivity contribution in [1.29, 1.82) is 0 Å². The Morgan fingerprint density at radius 2 is 0.788 bits per heavy atom. The van der Waals surface area contributed by atoms with Gasteiger partial charge < -0.3 is 29.2 Å². The van der Waals surface area contributed by atoms with Crippen LogP contribution in [0.1, 0.15) is 48.5 Å². The first-order chi connectivity index (χ1) is 15.4. The van der Waals surface area contributed by atoms with E-state index in [9.17, 15) is 29.4 Å². The van der Waals surface area contributed by atoms with E-state index in [-0.39, 0.29) is 16.7 Å². The molecule has 1 aliphatic carbocycles. The molecule has 0 radical (unpaired) electrons. The van der Waals surface area contributed by atoms with Gasteiger partial charge in [0.25, 0.3) is 0 Å². The van der Waals surface area contributed by atoms with Crippen LogP contribution in [-0.2, 0) is 38.1 Å². The maximum atomic E-state index is 12.4. The molecular weight excluding hydrogens is 436 g/mol. The number of hydrogen-bond donors (Lipinski definition) is 2. The van der Waals surface area contributed by atoms with Crippen molar-refractivity contribution >= 4 is 23.9 Å². The molecule has 0 unspecified atom stereocenters. The molecule has 0 saturated heterocycles. The number of allylic oxidation sites excluding steroid dienone is 3. The molecule has 33 heavy (non-hydrogen) atoms. The lowest BCUT2D eigenvalue weighted by atomic mass is 9.84. The Balaban J connectivity index is 3.49. The maximum absolute atomic E-state index is 12.4. The van der Waals surface area contributed by atoms with Gasteiger partial charge in [-0.3, -0.25) is 4.79 Å². The molecule has 1 aliphatic rings. The molecule has 0 amide bonds. The van der Waals surface area contributed by atoms with Gasteiger partial charge in [-0.25, -0.2) is 14.4 Å². The van der Waals surface area contributed by atoms with Crippen LogP contribution in [0.15, 0.2) is 34.9 Å². The second-order valence-electron chi connectivity index (χ2n) is 7.58. The molecule has 6 atom stereocenters. The van der Waals surface area contributed by atoms with E-state index in [2.05, 4.69) is 0 Å². The van der Waals surface area contributed by atoms with Crippen molar-refractivity contribution in [3.63, 3.8) is 0 Å². The van der Waals surface area contributed by atoms with E-state index in [1.54, 1.807) is 20.8 Å². The van der Waals surface area contributed by atoms with E-state index in [4.69, 9.17) is 18.9 Å². The first-order valence-corrected chi connectivity index (χ1v) is 10.4. The van der Waals surface area contributed by atoms with Gasteiger partial charge in [-0.1, -0.05) is 18.2 Å². The van der Waals surface area contributed by atoms with Gasteiger partial charge in [-0.15, -0.1) is 0 Å². The SMILES string of the molecule is CC=C(C)C(=O)O[C@@H]1[C@@H](O)[C@H](OC(=O)/C(C)=C\C)[C@@H](OC(=O)C(C)=CC)[C@H](O)[C@@H]1OC(C)=O. The van der Waals surface area contributed by atoms with Gasteiger partial charge in [0.2, 0.25) is 0 Å². The van der Waals surface area contributed by atoms with Gasteiger partial charge in [-0.2, -0.15) is 0 Å². The predicted molar refractivity (Wildman–Crippen MR) is 116 cm³/mol. The van der Waals surface area contributed by atoms with Crippen LogP contribution in [0.5, 0.6) is 0 Å². The molecule has 2 N–H and O–H groups in total. The van der Waals surface area contributed by atoms with Gasteiger partial charge in [0.1, 0.15) is 12.2 Å². The molecule has 0 bridgehead atoms.